The number of aromatic nitrogens is 6. The number of fused-ring (bicyclic) bond motifs is 3. The Morgan fingerprint density at radius 2 is 1.89 bits per heavy atom. The number of aromatic amines is 1. The number of methoxy groups -OCH3 is 1. The molecule has 4 aromatic heterocycles. The van der Waals surface area contributed by atoms with Crippen LogP contribution in [0.5, 0.6) is 5.75 Å². The van der Waals surface area contributed by atoms with Gasteiger partial charge in [-0.15, -0.1) is 0 Å². The van der Waals surface area contributed by atoms with E-state index in [9.17, 15) is 0 Å². The second-order valence-electron chi connectivity index (χ2n) is 9.42. The zero-order valence-corrected chi connectivity index (χ0v) is 20.9. The van der Waals surface area contributed by atoms with E-state index in [1.165, 1.54) is 6.42 Å². The van der Waals surface area contributed by atoms with Gasteiger partial charge in [0.15, 0.2) is 0 Å². The molecule has 35 heavy (non-hydrogen) atoms. The quantitative estimate of drug-likeness (QED) is 0.311. The monoisotopic (exact) mass is 470 g/mol. The fourth-order valence-electron chi connectivity index (χ4n) is 4.97. The average molecular weight is 471 g/mol. The van der Waals surface area contributed by atoms with Gasteiger partial charge in [-0.05, 0) is 65.2 Å². The highest BCUT2D eigenvalue weighted by molar-refractivity contribution is 6.14. The van der Waals surface area contributed by atoms with Gasteiger partial charge in [0.2, 0.25) is 0 Å². The normalized spacial score (nSPS) is 14.1. The molecule has 0 bridgehead atoms. The molecule has 6 rings (SSSR count). The summed E-state index contributed by atoms with van der Waals surface area (Å²) >= 11 is 0. The average Bonchev–Trinajstić information content (AvgIpc) is 3.40. The van der Waals surface area contributed by atoms with Crippen molar-refractivity contribution in [1.82, 2.24) is 29.9 Å². The number of H-pyrrole nitrogens is 1. The minimum absolute atomic E-state index is 0.403. The maximum atomic E-state index is 5.81. The summed E-state index contributed by atoms with van der Waals surface area (Å²) in [6.45, 7) is 9.85. The summed E-state index contributed by atoms with van der Waals surface area (Å²) < 4.78 is 13.3. The van der Waals surface area contributed by atoms with Crippen LogP contribution in [0.4, 0.5) is 11.6 Å². The molecule has 1 aliphatic rings. The maximum absolute atomic E-state index is 5.81. The number of nitrogens with one attached hydrogen (secondary N) is 1. The summed E-state index contributed by atoms with van der Waals surface area (Å²) in [5, 5.41) is 15.8. The van der Waals surface area contributed by atoms with Gasteiger partial charge in [-0.3, -0.25) is 0 Å². The molecule has 5 aromatic rings. The van der Waals surface area contributed by atoms with Crippen molar-refractivity contribution in [3.8, 4) is 16.9 Å². The van der Waals surface area contributed by atoms with Crippen molar-refractivity contribution in [2.75, 3.05) is 7.11 Å². The first-order chi connectivity index (χ1) is 16.9. The van der Waals surface area contributed by atoms with Gasteiger partial charge in [0.25, 0.3) is 0 Å². The molecule has 1 N–H and O–H groups in total. The van der Waals surface area contributed by atoms with Crippen LogP contribution in [0.3, 0.4) is 0 Å². The summed E-state index contributed by atoms with van der Waals surface area (Å²) in [5.74, 6) is 3.64. The Kier molecular flexibility index (Phi) is 4.84. The molecule has 0 atom stereocenters. The zero-order valence-electron chi connectivity index (χ0n) is 20.9. The fourth-order valence-corrected chi connectivity index (χ4v) is 4.97. The highest BCUT2D eigenvalue weighted by Gasteiger charge is 2.23. The van der Waals surface area contributed by atoms with Gasteiger partial charge < -0.3 is 29.2 Å². The summed E-state index contributed by atoms with van der Waals surface area (Å²) in [5.41, 5.74) is 6.42. The first-order valence-electron chi connectivity index (χ1n) is 11.9. The molecule has 0 aliphatic heterocycles. The SMILES string of the molecule is COc1cc2c(cc1-c1c(C)noc1C)[nH]c1nc(C)nc([N-]c3c(C)c(C)nn3C3CCC3)c12. The van der Waals surface area contributed by atoms with Crippen LogP contribution in [0.2, 0.25) is 0 Å². The van der Waals surface area contributed by atoms with Crippen molar-refractivity contribution in [2.24, 2.45) is 0 Å². The van der Waals surface area contributed by atoms with E-state index in [1.807, 2.05) is 33.8 Å². The number of ether oxygens (including phenoxy) is 1. The number of hydrogen-bond donors (Lipinski definition) is 1. The van der Waals surface area contributed by atoms with E-state index >= 15 is 0 Å². The topological polar surface area (TPSA) is 109 Å². The largest absolute Gasteiger partial charge is 0.496 e. The van der Waals surface area contributed by atoms with E-state index in [2.05, 4.69) is 32.8 Å². The molecule has 4 heterocycles. The molecule has 1 saturated carbocycles. The third-order valence-corrected chi connectivity index (χ3v) is 7.15. The van der Waals surface area contributed by atoms with E-state index < -0.39 is 0 Å². The lowest BCUT2D eigenvalue weighted by molar-refractivity contribution is 0.292. The van der Waals surface area contributed by atoms with Gasteiger partial charge >= 0.3 is 0 Å². The molecule has 1 fully saturated rings. The summed E-state index contributed by atoms with van der Waals surface area (Å²) in [7, 11) is 1.67. The van der Waals surface area contributed by atoms with Gasteiger partial charge in [-0.1, -0.05) is 11.6 Å². The Bertz CT molecular complexity index is 1580. The number of aryl methyl sites for hydroxylation is 4. The summed E-state index contributed by atoms with van der Waals surface area (Å²) in [6.07, 6.45) is 3.50. The lowest BCUT2D eigenvalue weighted by Gasteiger charge is -2.32. The van der Waals surface area contributed by atoms with Crippen molar-refractivity contribution in [2.45, 2.75) is 59.9 Å². The predicted octanol–water partition coefficient (Wildman–Crippen LogP) is 6.58. The minimum atomic E-state index is 0.403. The summed E-state index contributed by atoms with van der Waals surface area (Å²) in [6, 6.07) is 4.49. The molecule has 0 saturated heterocycles. The Balaban J connectivity index is 1.56. The standard InChI is InChI=1S/C26H28N7O2/c1-12-13(2)31-33(17-8-7-9-17)26(12)30-25-23-18-11-21(34-6)19(22-14(3)32-35-15(22)4)10-20(18)29-24(23)27-16(5)28-25/h10-11,17H,7-9H2,1-6H3,(H-,27,28,29,30)/q-1. The van der Waals surface area contributed by atoms with Crippen LogP contribution in [0.15, 0.2) is 16.7 Å². The van der Waals surface area contributed by atoms with Crippen LogP contribution in [0.25, 0.3) is 38.4 Å². The Hall–Kier alpha value is -3.88. The van der Waals surface area contributed by atoms with Crippen molar-refractivity contribution in [1.29, 1.82) is 0 Å². The molecule has 0 radical (unpaired) electrons. The molecule has 0 amide bonds. The first-order valence-corrected chi connectivity index (χ1v) is 11.9. The van der Waals surface area contributed by atoms with Crippen LogP contribution in [-0.2, 0) is 0 Å². The van der Waals surface area contributed by atoms with Crippen molar-refractivity contribution in [3.63, 3.8) is 0 Å². The molecule has 9 heteroatoms. The molecule has 1 aromatic carbocycles. The van der Waals surface area contributed by atoms with Crippen molar-refractivity contribution >= 4 is 33.6 Å². The fraction of sp³-hybridized carbons (Fsp3) is 0.385. The van der Waals surface area contributed by atoms with E-state index in [0.29, 0.717) is 17.7 Å². The Morgan fingerprint density at radius 3 is 2.54 bits per heavy atom. The predicted molar refractivity (Wildman–Crippen MR) is 135 cm³/mol. The number of hydrogen-bond acceptors (Lipinski definition) is 6. The van der Waals surface area contributed by atoms with Crippen molar-refractivity contribution in [3.05, 3.63) is 46.0 Å². The third-order valence-electron chi connectivity index (χ3n) is 7.15. The van der Waals surface area contributed by atoms with Crippen LogP contribution >= 0.6 is 0 Å². The maximum Gasteiger partial charge on any atom is 0.141 e. The van der Waals surface area contributed by atoms with Crippen LogP contribution in [0.1, 0.15) is 53.8 Å². The van der Waals surface area contributed by atoms with Gasteiger partial charge in [-0.2, -0.15) is 0 Å². The van der Waals surface area contributed by atoms with E-state index in [0.717, 1.165) is 80.2 Å². The second kappa shape index (κ2) is 7.83. The van der Waals surface area contributed by atoms with Gasteiger partial charge in [0.05, 0.1) is 24.2 Å². The van der Waals surface area contributed by atoms with Crippen LogP contribution < -0.4 is 4.74 Å². The van der Waals surface area contributed by atoms with Crippen molar-refractivity contribution < 1.29 is 9.26 Å². The molecular formula is C26H28N7O2-. The first kappa shape index (κ1) is 21.6. The summed E-state index contributed by atoms with van der Waals surface area (Å²) in [4.78, 5) is 12.9. The van der Waals surface area contributed by atoms with E-state index in [-0.39, 0.29) is 0 Å². The number of rotatable bonds is 5. The lowest BCUT2D eigenvalue weighted by Crippen LogP contribution is -2.18. The van der Waals surface area contributed by atoms with Gasteiger partial charge in [-0.25, -0.2) is 10.1 Å². The second-order valence-corrected chi connectivity index (χ2v) is 9.42. The highest BCUT2D eigenvalue weighted by atomic mass is 16.5. The third kappa shape index (κ3) is 3.29. The Labute approximate surface area is 202 Å². The van der Waals surface area contributed by atoms with Gasteiger partial charge in [0, 0.05) is 45.2 Å². The molecular weight excluding hydrogens is 442 g/mol. The van der Waals surface area contributed by atoms with Gasteiger partial charge in [0.1, 0.15) is 17.2 Å². The zero-order chi connectivity index (χ0) is 24.4. The highest BCUT2D eigenvalue weighted by Crippen LogP contribution is 2.45. The number of benzene rings is 1. The molecule has 0 unspecified atom stereocenters. The van der Waals surface area contributed by atoms with E-state index in [1.54, 1.807) is 7.11 Å². The molecule has 180 valence electrons. The minimum Gasteiger partial charge on any atom is -0.496 e. The van der Waals surface area contributed by atoms with Crippen LogP contribution in [-0.4, -0.2) is 37.0 Å². The molecule has 0 spiro atoms. The van der Waals surface area contributed by atoms with E-state index in [4.69, 9.17) is 24.7 Å². The Morgan fingerprint density at radius 1 is 1.09 bits per heavy atom. The van der Waals surface area contributed by atoms with Crippen LogP contribution in [0, 0.1) is 34.6 Å². The molecule has 1 aliphatic carbocycles. The number of nitrogens with zero attached hydrogens (tertiary/aromatic N) is 6. The molecule has 9 nitrogen and oxygen atoms in total. The smallest absolute Gasteiger partial charge is 0.141 e. The lowest BCUT2D eigenvalue weighted by atomic mass is 9.93.